The van der Waals surface area contributed by atoms with Crippen LogP contribution in [0.15, 0.2) is 18.2 Å². The number of nitrogens with two attached hydrogens (primary N) is 1. The quantitative estimate of drug-likeness (QED) is 0.854. The fourth-order valence-electron chi connectivity index (χ4n) is 2.52. The lowest BCUT2D eigenvalue weighted by Gasteiger charge is -2.19. The SMILES string of the molecule is CN(CC(N)=O)Cc1ccc2c(c1)CCCC2. The van der Waals surface area contributed by atoms with Crippen LogP contribution in [-0.4, -0.2) is 24.4 Å². The van der Waals surface area contributed by atoms with Crippen molar-refractivity contribution >= 4 is 5.91 Å². The maximum atomic E-state index is 10.8. The van der Waals surface area contributed by atoms with Gasteiger partial charge in [0.25, 0.3) is 0 Å². The van der Waals surface area contributed by atoms with Crippen molar-refractivity contribution in [3.8, 4) is 0 Å². The summed E-state index contributed by atoms with van der Waals surface area (Å²) in [7, 11) is 1.92. The first-order chi connectivity index (χ1) is 8.15. The van der Waals surface area contributed by atoms with Gasteiger partial charge in [-0.25, -0.2) is 0 Å². The molecule has 0 radical (unpaired) electrons. The van der Waals surface area contributed by atoms with Gasteiger partial charge in [0.1, 0.15) is 0 Å². The highest BCUT2D eigenvalue weighted by molar-refractivity contribution is 5.75. The molecule has 92 valence electrons. The average Bonchev–Trinajstić information content (AvgIpc) is 2.27. The summed E-state index contributed by atoms with van der Waals surface area (Å²) in [4.78, 5) is 12.8. The van der Waals surface area contributed by atoms with E-state index in [-0.39, 0.29) is 5.91 Å². The number of carbonyl (C=O) groups excluding carboxylic acids is 1. The number of benzene rings is 1. The van der Waals surface area contributed by atoms with Crippen LogP contribution < -0.4 is 5.73 Å². The number of carbonyl (C=O) groups is 1. The molecule has 2 N–H and O–H groups in total. The van der Waals surface area contributed by atoms with Crippen molar-refractivity contribution in [2.24, 2.45) is 5.73 Å². The molecule has 0 saturated carbocycles. The number of hydrogen-bond acceptors (Lipinski definition) is 2. The Bertz CT molecular complexity index is 415. The van der Waals surface area contributed by atoms with Crippen molar-refractivity contribution in [3.05, 3.63) is 34.9 Å². The summed E-state index contributed by atoms with van der Waals surface area (Å²) in [6.45, 7) is 1.10. The molecule has 0 heterocycles. The molecule has 0 fully saturated rings. The fourth-order valence-corrected chi connectivity index (χ4v) is 2.52. The topological polar surface area (TPSA) is 46.3 Å². The molecule has 3 heteroatoms. The van der Waals surface area contributed by atoms with Gasteiger partial charge in [-0.1, -0.05) is 18.2 Å². The Kier molecular flexibility index (Phi) is 3.79. The molecule has 0 atom stereocenters. The molecule has 1 aromatic carbocycles. The predicted molar refractivity (Wildman–Crippen MR) is 68.6 cm³/mol. The Hall–Kier alpha value is -1.35. The number of likely N-dealkylation sites (N-methyl/N-ethyl adjacent to an activating group) is 1. The molecule has 17 heavy (non-hydrogen) atoms. The Morgan fingerprint density at radius 2 is 2.00 bits per heavy atom. The van der Waals surface area contributed by atoms with Crippen LogP contribution in [0.1, 0.15) is 29.5 Å². The van der Waals surface area contributed by atoms with Gasteiger partial charge >= 0.3 is 0 Å². The largest absolute Gasteiger partial charge is 0.369 e. The van der Waals surface area contributed by atoms with Crippen LogP contribution >= 0.6 is 0 Å². The molecule has 3 nitrogen and oxygen atoms in total. The first kappa shape index (κ1) is 12.1. The summed E-state index contributed by atoms with van der Waals surface area (Å²) in [5, 5.41) is 0. The molecule has 0 bridgehead atoms. The lowest BCUT2D eigenvalue weighted by molar-refractivity contribution is -0.118. The molecule has 1 aliphatic rings. The summed E-state index contributed by atoms with van der Waals surface area (Å²) >= 11 is 0. The summed E-state index contributed by atoms with van der Waals surface area (Å²) in [6, 6.07) is 6.69. The van der Waals surface area contributed by atoms with Crippen molar-refractivity contribution in [3.63, 3.8) is 0 Å². The van der Waals surface area contributed by atoms with E-state index in [4.69, 9.17) is 5.73 Å². The van der Waals surface area contributed by atoms with Gasteiger partial charge in [0.05, 0.1) is 6.54 Å². The highest BCUT2D eigenvalue weighted by Gasteiger charge is 2.10. The number of fused-ring (bicyclic) bond motifs is 1. The van der Waals surface area contributed by atoms with Gasteiger partial charge in [0.15, 0.2) is 0 Å². The van der Waals surface area contributed by atoms with Crippen LogP contribution in [0.3, 0.4) is 0 Å². The van der Waals surface area contributed by atoms with Crippen LogP contribution in [0.25, 0.3) is 0 Å². The zero-order valence-electron chi connectivity index (χ0n) is 10.4. The van der Waals surface area contributed by atoms with Crippen molar-refractivity contribution < 1.29 is 4.79 Å². The molecule has 0 aromatic heterocycles. The van der Waals surface area contributed by atoms with Gasteiger partial charge < -0.3 is 5.73 Å². The zero-order chi connectivity index (χ0) is 12.3. The lowest BCUT2D eigenvalue weighted by atomic mass is 9.90. The van der Waals surface area contributed by atoms with Crippen LogP contribution in [0.2, 0.25) is 0 Å². The Morgan fingerprint density at radius 3 is 2.71 bits per heavy atom. The molecule has 1 amide bonds. The number of rotatable bonds is 4. The van der Waals surface area contributed by atoms with Crippen molar-refractivity contribution in [2.75, 3.05) is 13.6 Å². The smallest absolute Gasteiger partial charge is 0.231 e. The van der Waals surface area contributed by atoms with Gasteiger partial charge in [-0.05, 0) is 49.4 Å². The van der Waals surface area contributed by atoms with Gasteiger partial charge in [0, 0.05) is 6.54 Å². The lowest BCUT2D eigenvalue weighted by Crippen LogP contribution is -2.30. The third-order valence-corrected chi connectivity index (χ3v) is 3.29. The van der Waals surface area contributed by atoms with Crippen LogP contribution in [0.5, 0.6) is 0 Å². The first-order valence-corrected chi connectivity index (χ1v) is 6.22. The molecule has 0 aliphatic heterocycles. The summed E-state index contributed by atoms with van der Waals surface area (Å²) < 4.78 is 0. The maximum absolute atomic E-state index is 10.8. The van der Waals surface area contributed by atoms with Crippen LogP contribution in [0.4, 0.5) is 0 Å². The zero-order valence-corrected chi connectivity index (χ0v) is 10.4. The molecule has 1 aliphatic carbocycles. The number of nitrogens with zero attached hydrogens (tertiary/aromatic N) is 1. The summed E-state index contributed by atoms with van der Waals surface area (Å²) in [6.07, 6.45) is 5.02. The molecule has 1 aromatic rings. The first-order valence-electron chi connectivity index (χ1n) is 6.22. The van der Waals surface area contributed by atoms with Crippen LogP contribution in [0, 0.1) is 0 Å². The fraction of sp³-hybridized carbons (Fsp3) is 0.500. The van der Waals surface area contributed by atoms with E-state index in [2.05, 4.69) is 18.2 Å². The highest BCUT2D eigenvalue weighted by atomic mass is 16.1. The van der Waals surface area contributed by atoms with E-state index in [1.165, 1.54) is 42.4 Å². The average molecular weight is 232 g/mol. The third kappa shape index (κ3) is 3.30. The minimum absolute atomic E-state index is 0.273. The molecule has 0 saturated heterocycles. The van der Waals surface area contributed by atoms with E-state index < -0.39 is 0 Å². The minimum atomic E-state index is -0.273. The summed E-state index contributed by atoms with van der Waals surface area (Å²) in [5.74, 6) is -0.273. The number of aryl methyl sites for hydroxylation is 2. The Labute approximate surface area is 103 Å². The molecule has 0 unspecified atom stereocenters. The third-order valence-electron chi connectivity index (χ3n) is 3.29. The van der Waals surface area contributed by atoms with Crippen molar-refractivity contribution in [2.45, 2.75) is 32.2 Å². The molecule has 0 spiro atoms. The second kappa shape index (κ2) is 5.32. The monoisotopic (exact) mass is 232 g/mol. The number of amides is 1. The van der Waals surface area contributed by atoms with E-state index in [1.807, 2.05) is 11.9 Å². The Balaban J connectivity index is 2.04. The number of hydrogen-bond donors (Lipinski definition) is 1. The second-order valence-corrected chi connectivity index (χ2v) is 4.95. The predicted octanol–water partition coefficient (Wildman–Crippen LogP) is 1.48. The van der Waals surface area contributed by atoms with Gasteiger partial charge in [-0.2, -0.15) is 0 Å². The van der Waals surface area contributed by atoms with Gasteiger partial charge in [-0.3, -0.25) is 9.69 Å². The van der Waals surface area contributed by atoms with Gasteiger partial charge in [0.2, 0.25) is 5.91 Å². The van der Waals surface area contributed by atoms with E-state index >= 15 is 0 Å². The maximum Gasteiger partial charge on any atom is 0.231 e. The summed E-state index contributed by atoms with van der Waals surface area (Å²) in [5.41, 5.74) is 9.43. The highest BCUT2D eigenvalue weighted by Crippen LogP contribution is 2.22. The molecular formula is C14H20N2O. The van der Waals surface area contributed by atoms with Gasteiger partial charge in [-0.15, -0.1) is 0 Å². The van der Waals surface area contributed by atoms with E-state index in [1.54, 1.807) is 0 Å². The standard InChI is InChI=1S/C14H20N2O/c1-16(10-14(15)17)9-11-6-7-12-4-2-3-5-13(12)8-11/h6-8H,2-5,9-10H2,1H3,(H2,15,17). The second-order valence-electron chi connectivity index (χ2n) is 4.95. The Morgan fingerprint density at radius 1 is 1.29 bits per heavy atom. The number of primary amides is 1. The molecular weight excluding hydrogens is 212 g/mol. The van der Waals surface area contributed by atoms with E-state index in [0.29, 0.717) is 6.54 Å². The van der Waals surface area contributed by atoms with E-state index in [9.17, 15) is 4.79 Å². The van der Waals surface area contributed by atoms with Crippen LogP contribution in [-0.2, 0) is 24.2 Å². The van der Waals surface area contributed by atoms with Crippen molar-refractivity contribution in [1.29, 1.82) is 0 Å². The molecule has 2 rings (SSSR count). The minimum Gasteiger partial charge on any atom is -0.369 e. The van der Waals surface area contributed by atoms with E-state index in [0.717, 1.165) is 6.54 Å². The normalized spacial score (nSPS) is 14.7. The van der Waals surface area contributed by atoms with Crippen molar-refractivity contribution in [1.82, 2.24) is 4.90 Å².